The Labute approximate surface area is 87.2 Å². The van der Waals surface area contributed by atoms with Crippen LogP contribution in [0.5, 0.6) is 0 Å². The van der Waals surface area contributed by atoms with Gasteiger partial charge in [-0.1, -0.05) is 13.5 Å². The highest BCUT2D eigenvalue weighted by atomic mass is 28.4. The highest BCUT2D eigenvalue weighted by Crippen LogP contribution is 2.16. The van der Waals surface area contributed by atoms with Crippen LogP contribution in [0.4, 0.5) is 0 Å². The monoisotopic (exact) mass is 216 g/mol. The van der Waals surface area contributed by atoms with Crippen LogP contribution in [-0.2, 0) is 14.0 Å². The summed E-state index contributed by atoms with van der Waals surface area (Å²) in [5.74, 6) is -0.353. The number of hydrogen-bond donors (Lipinski definition) is 0. The van der Waals surface area contributed by atoms with E-state index in [2.05, 4.69) is 20.0 Å². The topological polar surface area (TPSA) is 35.5 Å². The number of carbonyl (C=O) groups is 1. The van der Waals surface area contributed by atoms with Crippen LogP contribution in [0, 0.1) is 0 Å². The van der Waals surface area contributed by atoms with Crippen molar-refractivity contribution in [1.82, 2.24) is 0 Å². The molecule has 0 rings (SSSR count). The molecule has 0 amide bonds. The molecule has 4 heteroatoms. The van der Waals surface area contributed by atoms with Crippen LogP contribution in [0.25, 0.3) is 0 Å². The Bertz CT molecular complexity index is 194. The van der Waals surface area contributed by atoms with E-state index in [1.165, 1.54) is 6.08 Å². The van der Waals surface area contributed by atoms with Crippen molar-refractivity contribution in [3.05, 3.63) is 12.7 Å². The van der Waals surface area contributed by atoms with Crippen molar-refractivity contribution in [2.24, 2.45) is 0 Å². The van der Waals surface area contributed by atoms with Gasteiger partial charge in [0.15, 0.2) is 8.32 Å². The first kappa shape index (κ1) is 13.4. The van der Waals surface area contributed by atoms with E-state index in [0.717, 1.165) is 18.7 Å². The molecule has 0 aliphatic heterocycles. The summed E-state index contributed by atoms with van der Waals surface area (Å²) in [5, 5.41) is 0. The Kier molecular flexibility index (Phi) is 6.49. The lowest BCUT2D eigenvalue weighted by Crippen LogP contribution is -2.35. The molecule has 0 aromatic rings. The van der Waals surface area contributed by atoms with E-state index < -0.39 is 8.32 Å². The highest BCUT2D eigenvalue weighted by Gasteiger charge is 2.26. The van der Waals surface area contributed by atoms with E-state index >= 15 is 0 Å². The van der Waals surface area contributed by atoms with Gasteiger partial charge in [-0.05, 0) is 19.5 Å². The second-order valence-corrected chi connectivity index (χ2v) is 7.75. The summed E-state index contributed by atoms with van der Waals surface area (Å²) in [4.78, 5) is 10.8. The molecule has 0 spiro atoms. The fourth-order valence-corrected chi connectivity index (χ4v) is 3.06. The molecule has 0 saturated carbocycles. The summed E-state index contributed by atoms with van der Waals surface area (Å²) in [6.07, 6.45) is 1.19. The van der Waals surface area contributed by atoms with Crippen molar-refractivity contribution < 1.29 is 14.0 Å². The molecule has 0 heterocycles. The smallest absolute Gasteiger partial charge is 0.330 e. The first-order valence-electron chi connectivity index (χ1n) is 5.01. The number of esters is 1. The number of carbonyl (C=O) groups excluding carboxylic acids is 1. The predicted octanol–water partition coefficient (Wildman–Crippen LogP) is 2.35. The van der Waals surface area contributed by atoms with Crippen molar-refractivity contribution in [3.63, 3.8) is 0 Å². The molecule has 14 heavy (non-hydrogen) atoms. The predicted molar refractivity (Wildman–Crippen MR) is 59.7 cm³/mol. The van der Waals surface area contributed by atoms with Crippen LogP contribution in [0.3, 0.4) is 0 Å². The summed E-state index contributed by atoms with van der Waals surface area (Å²) in [6.45, 7) is 10.8. The minimum atomic E-state index is -1.61. The van der Waals surface area contributed by atoms with E-state index in [9.17, 15) is 4.79 Å². The fourth-order valence-electron chi connectivity index (χ4n) is 1.13. The van der Waals surface area contributed by atoms with Gasteiger partial charge in [0, 0.05) is 18.7 Å². The van der Waals surface area contributed by atoms with E-state index in [4.69, 9.17) is 9.16 Å². The Morgan fingerprint density at radius 3 is 2.57 bits per heavy atom. The van der Waals surface area contributed by atoms with Gasteiger partial charge in [-0.25, -0.2) is 4.79 Å². The lowest BCUT2D eigenvalue weighted by molar-refractivity contribution is -0.137. The van der Waals surface area contributed by atoms with Gasteiger partial charge in [-0.15, -0.1) is 0 Å². The van der Waals surface area contributed by atoms with Crippen LogP contribution < -0.4 is 0 Å². The first-order valence-corrected chi connectivity index (χ1v) is 7.83. The molecule has 0 aliphatic carbocycles. The minimum absolute atomic E-state index is 0.353. The van der Waals surface area contributed by atoms with Crippen LogP contribution in [0.15, 0.2) is 12.7 Å². The molecule has 3 nitrogen and oxygen atoms in total. The zero-order valence-electron chi connectivity index (χ0n) is 9.34. The SMILES string of the molecule is C=CC(=O)OCC[Si](C)(CC)OCC. The second kappa shape index (κ2) is 6.78. The zero-order valence-corrected chi connectivity index (χ0v) is 10.3. The maximum absolute atomic E-state index is 10.8. The van der Waals surface area contributed by atoms with Crippen LogP contribution in [0.2, 0.25) is 18.6 Å². The Hall–Kier alpha value is -0.613. The Morgan fingerprint density at radius 1 is 1.50 bits per heavy atom. The van der Waals surface area contributed by atoms with E-state index in [0.29, 0.717) is 6.61 Å². The largest absolute Gasteiger partial charge is 0.463 e. The van der Waals surface area contributed by atoms with Crippen molar-refractivity contribution >= 4 is 14.3 Å². The third-order valence-electron chi connectivity index (χ3n) is 2.28. The molecule has 0 aromatic carbocycles. The van der Waals surface area contributed by atoms with Crippen molar-refractivity contribution in [2.45, 2.75) is 32.5 Å². The normalized spacial score (nSPS) is 14.5. The maximum atomic E-state index is 10.8. The van der Waals surface area contributed by atoms with Gasteiger partial charge in [-0.3, -0.25) is 0 Å². The number of rotatable bonds is 7. The van der Waals surface area contributed by atoms with Crippen molar-refractivity contribution in [2.75, 3.05) is 13.2 Å². The third kappa shape index (κ3) is 5.19. The quantitative estimate of drug-likeness (QED) is 0.372. The summed E-state index contributed by atoms with van der Waals surface area (Å²) >= 11 is 0. The molecule has 0 aromatic heterocycles. The molecular weight excluding hydrogens is 196 g/mol. The number of ether oxygens (including phenoxy) is 1. The van der Waals surface area contributed by atoms with E-state index in [-0.39, 0.29) is 5.97 Å². The Morgan fingerprint density at radius 2 is 2.14 bits per heavy atom. The summed E-state index contributed by atoms with van der Waals surface area (Å²) in [6, 6.07) is 1.91. The van der Waals surface area contributed by atoms with Crippen LogP contribution >= 0.6 is 0 Å². The van der Waals surface area contributed by atoms with Crippen molar-refractivity contribution in [1.29, 1.82) is 0 Å². The molecule has 1 unspecified atom stereocenters. The van der Waals surface area contributed by atoms with Gasteiger partial charge < -0.3 is 9.16 Å². The highest BCUT2D eigenvalue weighted by molar-refractivity contribution is 6.72. The third-order valence-corrected chi connectivity index (χ3v) is 6.03. The lowest BCUT2D eigenvalue weighted by atomic mass is 10.6. The molecular formula is C10H20O3Si. The summed E-state index contributed by atoms with van der Waals surface area (Å²) in [7, 11) is -1.61. The van der Waals surface area contributed by atoms with Gasteiger partial charge in [0.1, 0.15) is 0 Å². The van der Waals surface area contributed by atoms with Gasteiger partial charge >= 0.3 is 5.97 Å². The fraction of sp³-hybridized carbons (Fsp3) is 0.700. The van der Waals surface area contributed by atoms with Gasteiger partial charge in [0.2, 0.25) is 0 Å². The van der Waals surface area contributed by atoms with Gasteiger partial charge in [0.25, 0.3) is 0 Å². The molecule has 0 bridgehead atoms. The first-order chi connectivity index (χ1) is 6.58. The molecule has 82 valence electrons. The van der Waals surface area contributed by atoms with Gasteiger partial charge in [-0.2, -0.15) is 0 Å². The molecule has 0 saturated heterocycles. The van der Waals surface area contributed by atoms with Crippen LogP contribution in [0.1, 0.15) is 13.8 Å². The van der Waals surface area contributed by atoms with Crippen molar-refractivity contribution in [3.8, 4) is 0 Å². The van der Waals surface area contributed by atoms with E-state index in [1.54, 1.807) is 0 Å². The standard InChI is InChI=1S/C10H20O3Si/c1-5-10(11)12-8-9-14(4,7-3)13-6-2/h5H,1,6-9H2,2-4H3. The zero-order chi connectivity index (χ0) is 11.0. The molecule has 0 N–H and O–H groups in total. The van der Waals surface area contributed by atoms with Gasteiger partial charge in [0.05, 0.1) is 6.61 Å². The van der Waals surface area contributed by atoms with E-state index in [1.807, 2.05) is 6.92 Å². The number of hydrogen-bond acceptors (Lipinski definition) is 3. The minimum Gasteiger partial charge on any atom is -0.463 e. The summed E-state index contributed by atoms with van der Waals surface area (Å²) in [5.41, 5.74) is 0. The summed E-state index contributed by atoms with van der Waals surface area (Å²) < 4.78 is 10.6. The average Bonchev–Trinajstić information content (AvgIpc) is 2.18. The average molecular weight is 216 g/mol. The molecule has 0 fully saturated rings. The maximum Gasteiger partial charge on any atom is 0.330 e. The molecule has 0 aliphatic rings. The van der Waals surface area contributed by atoms with Crippen LogP contribution in [-0.4, -0.2) is 27.5 Å². The lowest BCUT2D eigenvalue weighted by Gasteiger charge is -2.24. The Balaban J connectivity index is 3.82. The molecule has 0 radical (unpaired) electrons. The second-order valence-electron chi connectivity index (χ2n) is 3.36. The molecule has 1 atom stereocenters.